The van der Waals surface area contributed by atoms with E-state index in [0.717, 1.165) is 10.8 Å². The van der Waals surface area contributed by atoms with Crippen molar-refractivity contribution >= 4 is 0 Å². The van der Waals surface area contributed by atoms with Crippen LogP contribution in [0.1, 0.15) is 32.1 Å². The Morgan fingerprint density at radius 2 is 1.30 bits per heavy atom. The molecular weight excluding hydrogens is 122 g/mol. The van der Waals surface area contributed by atoms with Crippen LogP contribution in [-0.4, -0.2) is 13.1 Å². The van der Waals surface area contributed by atoms with Crippen molar-refractivity contribution in [2.45, 2.75) is 32.1 Å². The fourth-order valence-electron chi connectivity index (χ4n) is 2.57. The molecule has 1 saturated heterocycles. The first-order valence-electron chi connectivity index (χ1n) is 4.54. The molecule has 56 valence electrons. The monoisotopic (exact) mass is 137 g/mol. The highest BCUT2D eigenvalue weighted by atomic mass is 15.0. The maximum atomic E-state index is 3.59. The lowest BCUT2D eigenvalue weighted by molar-refractivity contribution is 0.250. The molecule has 0 unspecified atom stereocenters. The number of hydrogen-bond donors (Lipinski definition) is 1. The van der Waals surface area contributed by atoms with Gasteiger partial charge >= 0.3 is 0 Å². The molecule has 0 radical (unpaired) electrons. The summed E-state index contributed by atoms with van der Waals surface area (Å²) < 4.78 is 0. The van der Waals surface area contributed by atoms with Gasteiger partial charge in [0.15, 0.2) is 0 Å². The van der Waals surface area contributed by atoms with Crippen molar-refractivity contribution in [3.63, 3.8) is 0 Å². The number of nitrogens with one attached hydrogen (secondary N) is 1. The third kappa shape index (κ3) is 0.672. The van der Waals surface area contributed by atoms with E-state index < -0.39 is 0 Å². The van der Waals surface area contributed by atoms with Crippen LogP contribution in [0.15, 0.2) is 0 Å². The summed E-state index contributed by atoms with van der Waals surface area (Å²) in [6.45, 7) is 2.66. The predicted molar refractivity (Wildman–Crippen MR) is 40.8 cm³/mol. The Hall–Kier alpha value is -0.0400. The molecule has 3 aliphatic rings. The van der Waals surface area contributed by atoms with Crippen LogP contribution in [0.4, 0.5) is 0 Å². The van der Waals surface area contributed by atoms with E-state index in [1.165, 1.54) is 38.8 Å². The summed E-state index contributed by atoms with van der Waals surface area (Å²) in [6.07, 6.45) is 7.62. The van der Waals surface area contributed by atoms with E-state index in [4.69, 9.17) is 0 Å². The van der Waals surface area contributed by atoms with Crippen LogP contribution in [0.5, 0.6) is 0 Å². The molecule has 1 N–H and O–H groups in total. The van der Waals surface area contributed by atoms with Crippen molar-refractivity contribution in [3.05, 3.63) is 0 Å². The summed E-state index contributed by atoms with van der Waals surface area (Å²) in [5.41, 5.74) is 1.63. The molecule has 2 aliphatic carbocycles. The molecule has 1 aliphatic heterocycles. The Bertz CT molecular complexity index is 148. The van der Waals surface area contributed by atoms with Crippen molar-refractivity contribution in [1.29, 1.82) is 0 Å². The van der Waals surface area contributed by atoms with E-state index in [1.54, 1.807) is 6.42 Å². The lowest BCUT2D eigenvalue weighted by Gasteiger charge is -2.29. The van der Waals surface area contributed by atoms with Gasteiger partial charge in [-0.3, -0.25) is 0 Å². The largest absolute Gasteiger partial charge is 0.316 e. The average Bonchev–Trinajstić information content (AvgIpc) is 2.78. The molecule has 2 saturated carbocycles. The molecule has 1 nitrogen and oxygen atoms in total. The lowest BCUT2D eigenvalue weighted by Crippen LogP contribution is -2.38. The Morgan fingerprint density at radius 1 is 0.800 bits per heavy atom. The molecule has 0 amide bonds. The second kappa shape index (κ2) is 1.42. The van der Waals surface area contributed by atoms with Crippen molar-refractivity contribution in [2.24, 2.45) is 10.8 Å². The zero-order valence-corrected chi connectivity index (χ0v) is 6.45. The molecule has 1 heteroatoms. The van der Waals surface area contributed by atoms with E-state index in [-0.39, 0.29) is 0 Å². The van der Waals surface area contributed by atoms with E-state index in [1.807, 2.05) is 0 Å². The summed E-state index contributed by atoms with van der Waals surface area (Å²) >= 11 is 0. The first-order chi connectivity index (χ1) is 4.83. The fourth-order valence-corrected chi connectivity index (χ4v) is 2.57. The minimum atomic E-state index is 0.814. The molecule has 0 aromatic heterocycles. The van der Waals surface area contributed by atoms with Gasteiger partial charge in [0.25, 0.3) is 0 Å². The van der Waals surface area contributed by atoms with Crippen LogP contribution in [0.3, 0.4) is 0 Å². The third-order valence-corrected chi connectivity index (χ3v) is 3.66. The normalized spacial score (nSPS) is 38.4. The molecule has 2 spiro atoms. The van der Waals surface area contributed by atoms with Crippen molar-refractivity contribution in [2.75, 3.05) is 13.1 Å². The van der Waals surface area contributed by atoms with Gasteiger partial charge in [0, 0.05) is 13.1 Å². The summed E-state index contributed by atoms with van der Waals surface area (Å²) in [5.74, 6) is 0. The molecule has 3 rings (SSSR count). The van der Waals surface area contributed by atoms with Gasteiger partial charge in [-0.25, -0.2) is 0 Å². The Balaban J connectivity index is 1.80. The van der Waals surface area contributed by atoms with Gasteiger partial charge in [0.1, 0.15) is 0 Å². The second-order valence-electron chi connectivity index (χ2n) is 4.78. The summed E-state index contributed by atoms with van der Waals surface area (Å²) in [5, 5.41) is 3.59. The van der Waals surface area contributed by atoms with E-state index in [2.05, 4.69) is 5.32 Å². The predicted octanol–water partition coefficient (Wildman–Crippen LogP) is 1.54. The zero-order valence-electron chi connectivity index (χ0n) is 6.45. The van der Waals surface area contributed by atoms with Crippen molar-refractivity contribution < 1.29 is 0 Å². The molecule has 10 heavy (non-hydrogen) atoms. The van der Waals surface area contributed by atoms with Gasteiger partial charge in [0.05, 0.1) is 0 Å². The van der Waals surface area contributed by atoms with Crippen LogP contribution >= 0.6 is 0 Å². The van der Waals surface area contributed by atoms with E-state index in [0.29, 0.717) is 0 Å². The van der Waals surface area contributed by atoms with Gasteiger partial charge in [-0.15, -0.1) is 0 Å². The average molecular weight is 137 g/mol. The maximum Gasteiger partial charge on any atom is 0.000826 e. The Kier molecular flexibility index (Phi) is 0.797. The topological polar surface area (TPSA) is 12.0 Å². The minimum absolute atomic E-state index is 0.814. The molecule has 3 fully saturated rings. The molecule has 0 aromatic carbocycles. The van der Waals surface area contributed by atoms with Gasteiger partial charge in [-0.05, 0) is 42.9 Å². The van der Waals surface area contributed by atoms with E-state index in [9.17, 15) is 0 Å². The maximum absolute atomic E-state index is 3.59. The highest BCUT2D eigenvalue weighted by Gasteiger charge is 2.56. The lowest BCUT2D eigenvalue weighted by atomic mass is 9.86. The number of hydrogen-bond acceptors (Lipinski definition) is 1. The third-order valence-electron chi connectivity index (χ3n) is 3.66. The highest BCUT2D eigenvalue weighted by Crippen LogP contribution is 2.62. The summed E-state index contributed by atoms with van der Waals surface area (Å²) in [4.78, 5) is 0. The van der Waals surface area contributed by atoms with Crippen molar-refractivity contribution in [1.82, 2.24) is 5.32 Å². The first-order valence-corrected chi connectivity index (χ1v) is 4.54. The standard InChI is InChI=1S/C9H15N/c1-2-8(1)5-9(3-4-9)7-10-6-8/h10H,1-7H2. The smallest absolute Gasteiger partial charge is 0.000826 e. The van der Waals surface area contributed by atoms with Crippen molar-refractivity contribution in [3.8, 4) is 0 Å². The number of rotatable bonds is 0. The van der Waals surface area contributed by atoms with Crippen LogP contribution in [0.25, 0.3) is 0 Å². The Labute approximate surface area is 62.2 Å². The van der Waals surface area contributed by atoms with Gasteiger partial charge in [0.2, 0.25) is 0 Å². The summed E-state index contributed by atoms with van der Waals surface area (Å²) in [6, 6.07) is 0. The SMILES string of the molecule is C1CC12CNCC1(CC1)C2. The second-order valence-corrected chi connectivity index (χ2v) is 4.78. The molecule has 0 aromatic rings. The highest BCUT2D eigenvalue weighted by molar-refractivity contribution is 5.09. The van der Waals surface area contributed by atoms with Gasteiger partial charge in [-0.1, -0.05) is 0 Å². The molecular formula is C9H15N. The first kappa shape index (κ1) is 5.59. The Morgan fingerprint density at radius 3 is 1.70 bits per heavy atom. The fraction of sp³-hybridized carbons (Fsp3) is 1.00. The quantitative estimate of drug-likeness (QED) is 0.534. The van der Waals surface area contributed by atoms with Crippen LogP contribution in [-0.2, 0) is 0 Å². The van der Waals surface area contributed by atoms with Crippen LogP contribution in [0, 0.1) is 10.8 Å². The zero-order chi connectivity index (χ0) is 6.66. The van der Waals surface area contributed by atoms with Gasteiger partial charge in [-0.2, -0.15) is 0 Å². The molecule has 1 heterocycles. The number of piperidine rings is 1. The van der Waals surface area contributed by atoms with Gasteiger partial charge < -0.3 is 5.32 Å². The van der Waals surface area contributed by atoms with Crippen LogP contribution in [0.2, 0.25) is 0 Å². The van der Waals surface area contributed by atoms with Crippen LogP contribution < -0.4 is 5.32 Å². The summed E-state index contributed by atoms with van der Waals surface area (Å²) in [7, 11) is 0. The van der Waals surface area contributed by atoms with E-state index >= 15 is 0 Å². The minimum Gasteiger partial charge on any atom is -0.316 e. The molecule has 0 bridgehead atoms. The molecule has 0 atom stereocenters.